The van der Waals surface area contributed by atoms with E-state index >= 15 is 0 Å². The highest BCUT2D eigenvalue weighted by atomic mass is 35.5. The van der Waals surface area contributed by atoms with Crippen LogP contribution in [0.25, 0.3) is 0 Å². The number of benzene rings is 2. The minimum Gasteiger partial charge on any atom is -0.457 e. The Morgan fingerprint density at radius 2 is 1.86 bits per heavy atom. The summed E-state index contributed by atoms with van der Waals surface area (Å²) in [4.78, 5) is 0. The molecule has 0 amide bonds. The zero-order valence-electron chi connectivity index (χ0n) is 13.0. The molecule has 3 heteroatoms. The van der Waals surface area contributed by atoms with Gasteiger partial charge in [-0.25, -0.2) is 0 Å². The van der Waals surface area contributed by atoms with Crippen molar-refractivity contribution >= 4 is 11.6 Å². The third-order valence-corrected chi connectivity index (χ3v) is 3.32. The van der Waals surface area contributed by atoms with Gasteiger partial charge in [-0.2, -0.15) is 0 Å². The van der Waals surface area contributed by atoms with Crippen molar-refractivity contribution in [3.63, 3.8) is 0 Å². The molecule has 0 heterocycles. The van der Waals surface area contributed by atoms with E-state index in [0.29, 0.717) is 5.02 Å². The highest BCUT2D eigenvalue weighted by Crippen LogP contribution is 2.27. The van der Waals surface area contributed by atoms with Crippen LogP contribution in [0, 0.1) is 6.92 Å². The van der Waals surface area contributed by atoms with E-state index in [-0.39, 0.29) is 5.54 Å². The molecule has 0 aliphatic rings. The molecule has 0 atom stereocenters. The zero-order valence-corrected chi connectivity index (χ0v) is 13.8. The van der Waals surface area contributed by atoms with E-state index in [1.807, 2.05) is 30.3 Å². The van der Waals surface area contributed by atoms with Crippen LogP contribution in [0.4, 0.5) is 0 Å². The molecule has 0 saturated carbocycles. The normalized spacial score (nSPS) is 11.5. The molecule has 2 rings (SSSR count). The Hall–Kier alpha value is -1.51. The Morgan fingerprint density at radius 1 is 1.10 bits per heavy atom. The monoisotopic (exact) mass is 303 g/mol. The van der Waals surface area contributed by atoms with Crippen molar-refractivity contribution in [2.75, 3.05) is 0 Å². The van der Waals surface area contributed by atoms with Gasteiger partial charge in [0.1, 0.15) is 11.5 Å². The van der Waals surface area contributed by atoms with Crippen molar-refractivity contribution in [3.8, 4) is 11.5 Å². The summed E-state index contributed by atoms with van der Waals surface area (Å²) in [5.41, 5.74) is 2.48. The molecule has 0 aliphatic carbocycles. The molecular weight excluding hydrogens is 282 g/mol. The van der Waals surface area contributed by atoms with E-state index in [4.69, 9.17) is 16.3 Å². The molecule has 0 aliphatic heterocycles. The van der Waals surface area contributed by atoms with Crippen molar-refractivity contribution in [2.45, 2.75) is 39.8 Å². The highest BCUT2D eigenvalue weighted by molar-refractivity contribution is 6.30. The smallest absolute Gasteiger partial charge is 0.130 e. The molecule has 0 unspecified atom stereocenters. The van der Waals surface area contributed by atoms with E-state index in [0.717, 1.165) is 23.6 Å². The first kappa shape index (κ1) is 15.9. The third kappa shape index (κ3) is 5.07. The van der Waals surface area contributed by atoms with Crippen molar-refractivity contribution < 1.29 is 4.74 Å². The lowest BCUT2D eigenvalue weighted by Crippen LogP contribution is -2.35. The van der Waals surface area contributed by atoms with Crippen LogP contribution in [0.15, 0.2) is 42.5 Å². The van der Waals surface area contributed by atoms with Gasteiger partial charge in [-0.3, -0.25) is 0 Å². The maximum atomic E-state index is 5.97. The lowest BCUT2D eigenvalue weighted by Gasteiger charge is -2.21. The average Bonchev–Trinajstić information content (AvgIpc) is 2.38. The van der Waals surface area contributed by atoms with Gasteiger partial charge in [0.25, 0.3) is 0 Å². The summed E-state index contributed by atoms with van der Waals surface area (Å²) < 4.78 is 5.89. The number of halogens is 1. The molecule has 0 bridgehead atoms. The minimum absolute atomic E-state index is 0.115. The third-order valence-electron chi connectivity index (χ3n) is 3.09. The van der Waals surface area contributed by atoms with Crippen molar-refractivity contribution in [3.05, 3.63) is 58.6 Å². The number of rotatable bonds is 4. The fourth-order valence-corrected chi connectivity index (χ4v) is 2.14. The van der Waals surface area contributed by atoms with Crippen LogP contribution in [-0.2, 0) is 6.54 Å². The second-order valence-electron chi connectivity index (χ2n) is 6.26. The maximum absolute atomic E-state index is 5.97. The number of nitrogens with one attached hydrogen (secondary N) is 1. The lowest BCUT2D eigenvalue weighted by atomic mass is 10.1. The number of aryl methyl sites for hydroxylation is 1. The maximum Gasteiger partial charge on any atom is 0.130 e. The van der Waals surface area contributed by atoms with Gasteiger partial charge in [0.15, 0.2) is 0 Å². The van der Waals surface area contributed by atoms with Crippen molar-refractivity contribution in [2.24, 2.45) is 0 Å². The van der Waals surface area contributed by atoms with Crippen LogP contribution in [0.3, 0.4) is 0 Å². The Labute approximate surface area is 132 Å². The quantitative estimate of drug-likeness (QED) is 0.824. The highest BCUT2D eigenvalue weighted by Gasteiger charge is 2.09. The largest absolute Gasteiger partial charge is 0.457 e. The summed E-state index contributed by atoms with van der Waals surface area (Å²) >= 11 is 5.97. The summed E-state index contributed by atoms with van der Waals surface area (Å²) in [6, 6.07) is 13.7. The van der Waals surface area contributed by atoms with Gasteiger partial charge in [-0.05, 0) is 63.1 Å². The molecule has 0 spiro atoms. The number of hydrogen-bond acceptors (Lipinski definition) is 2. The molecule has 1 N–H and O–H groups in total. The van der Waals surface area contributed by atoms with Gasteiger partial charge in [0, 0.05) is 17.1 Å². The van der Waals surface area contributed by atoms with Gasteiger partial charge in [0.2, 0.25) is 0 Å². The minimum atomic E-state index is 0.115. The predicted octanol–water partition coefficient (Wildman–Crippen LogP) is 5.33. The summed E-state index contributed by atoms with van der Waals surface area (Å²) in [7, 11) is 0. The first-order valence-corrected chi connectivity index (χ1v) is 7.49. The standard InChI is InChI=1S/C18H22ClNO/c1-13-10-14(12-20-18(2,3)4)8-9-17(13)21-16-7-5-6-15(19)11-16/h5-11,20H,12H2,1-4H3. The average molecular weight is 304 g/mol. The van der Waals surface area contributed by atoms with Gasteiger partial charge in [-0.1, -0.05) is 29.8 Å². The molecule has 2 aromatic rings. The molecule has 2 nitrogen and oxygen atoms in total. The van der Waals surface area contributed by atoms with E-state index in [1.54, 1.807) is 0 Å². The Kier molecular flexibility index (Phi) is 4.92. The Balaban J connectivity index is 2.09. The Morgan fingerprint density at radius 3 is 2.48 bits per heavy atom. The van der Waals surface area contributed by atoms with E-state index in [1.165, 1.54) is 5.56 Å². The van der Waals surface area contributed by atoms with E-state index in [9.17, 15) is 0 Å². The lowest BCUT2D eigenvalue weighted by molar-refractivity contribution is 0.424. The molecular formula is C18H22ClNO. The molecule has 2 aromatic carbocycles. The summed E-state index contributed by atoms with van der Waals surface area (Å²) in [5, 5.41) is 4.16. The summed E-state index contributed by atoms with van der Waals surface area (Å²) in [6.07, 6.45) is 0. The van der Waals surface area contributed by atoms with Crippen molar-refractivity contribution in [1.82, 2.24) is 5.32 Å². The van der Waals surface area contributed by atoms with Gasteiger partial charge in [-0.15, -0.1) is 0 Å². The van der Waals surface area contributed by atoms with Crippen molar-refractivity contribution in [1.29, 1.82) is 0 Å². The van der Waals surface area contributed by atoms with Crippen LogP contribution >= 0.6 is 11.6 Å². The van der Waals surface area contributed by atoms with Crippen LogP contribution < -0.4 is 10.1 Å². The fraction of sp³-hybridized carbons (Fsp3) is 0.333. The molecule has 112 valence electrons. The topological polar surface area (TPSA) is 21.3 Å². The Bertz CT molecular complexity index is 617. The summed E-state index contributed by atoms with van der Waals surface area (Å²) in [6.45, 7) is 9.39. The SMILES string of the molecule is Cc1cc(CNC(C)(C)C)ccc1Oc1cccc(Cl)c1. The van der Waals surface area contributed by atoms with Gasteiger partial charge in [0.05, 0.1) is 0 Å². The molecule has 0 fully saturated rings. The number of ether oxygens (including phenoxy) is 1. The molecule has 0 saturated heterocycles. The zero-order chi connectivity index (χ0) is 15.5. The first-order valence-electron chi connectivity index (χ1n) is 7.11. The fourth-order valence-electron chi connectivity index (χ4n) is 1.96. The molecule has 21 heavy (non-hydrogen) atoms. The van der Waals surface area contributed by atoms with Gasteiger partial charge >= 0.3 is 0 Å². The predicted molar refractivity (Wildman–Crippen MR) is 89.3 cm³/mol. The van der Waals surface area contributed by atoms with Gasteiger partial charge < -0.3 is 10.1 Å². The molecule has 0 aromatic heterocycles. The number of hydrogen-bond donors (Lipinski definition) is 1. The van der Waals surface area contributed by atoms with Crippen LogP contribution in [0.2, 0.25) is 5.02 Å². The van der Waals surface area contributed by atoms with E-state index in [2.05, 4.69) is 45.1 Å². The molecule has 0 radical (unpaired) electrons. The van der Waals surface area contributed by atoms with Crippen LogP contribution in [0.1, 0.15) is 31.9 Å². The summed E-state index contributed by atoms with van der Waals surface area (Å²) in [5.74, 6) is 1.61. The van der Waals surface area contributed by atoms with E-state index < -0.39 is 0 Å². The van der Waals surface area contributed by atoms with Crippen LogP contribution in [-0.4, -0.2) is 5.54 Å². The second-order valence-corrected chi connectivity index (χ2v) is 6.70. The second kappa shape index (κ2) is 6.50. The first-order chi connectivity index (χ1) is 9.83. The van der Waals surface area contributed by atoms with Crippen LogP contribution in [0.5, 0.6) is 11.5 Å².